The number of benzene rings is 2. The molecule has 0 spiro atoms. The second-order valence-electron chi connectivity index (χ2n) is 6.95. The summed E-state index contributed by atoms with van der Waals surface area (Å²) in [6, 6.07) is 17.0. The number of esters is 1. The van der Waals surface area contributed by atoms with Gasteiger partial charge in [0, 0.05) is 17.8 Å². The third kappa shape index (κ3) is 3.78. The maximum absolute atomic E-state index is 13.1. The summed E-state index contributed by atoms with van der Waals surface area (Å²) >= 11 is 0. The summed E-state index contributed by atoms with van der Waals surface area (Å²) in [5, 5.41) is 4.38. The topological polar surface area (TPSA) is 73.7 Å². The Morgan fingerprint density at radius 1 is 1.10 bits per heavy atom. The van der Waals surface area contributed by atoms with Gasteiger partial charge in [0.05, 0.1) is 19.4 Å². The molecule has 0 atom stereocenters. The minimum atomic E-state index is -0.509. The molecule has 154 valence electrons. The summed E-state index contributed by atoms with van der Waals surface area (Å²) in [7, 11) is 1.60. The molecule has 1 aromatic heterocycles. The first kappa shape index (κ1) is 19.7. The van der Waals surface area contributed by atoms with Crippen molar-refractivity contribution in [3.8, 4) is 17.0 Å². The summed E-state index contributed by atoms with van der Waals surface area (Å²) in [4.78, 5) is 27.1. The lowest BCUT2D eigenvalue weighted by molar-refractivity contribution is -0.119. The van der Waals surface area contributed by atoms with Crippen LogP contribution in [0.4, 0.5) is 5.69 Å². The van der Waals surface area contributed by atoms with Gasteiger partial charge in [-0.05, 0) is 55.3 Å². The number of fused-ring (bicyclic) bond motifs is 1. The third-order valence-electron chi connectivity index (χ3n) is 5.12. The zero-order chi connectivity index (χ0) is 21.1. The van der Waals surface area contributed by atoms with Crippen molar-refractivity contribution < 1.29 is 19.1 Å². The predicted molar refractivity (Wildman–Crippen MR) is 113 cm³/mol. The number of amides is 1. The van der Waals surface area contributed by atoms with Crippen LogP contribution in [0.5, 0.6) is 5.75 Å². The Labute approximate surface area is 174 Å². The maximum atomic E-state index is 13.1. The summed E-state index contributed by atoms with van der Waals surface area (Å²) < 4.78 is 11.9. The molecule has 0 aliphatic carbocycles. The van der Waals surface area contributed by atoms with Crippen LogP contribution in [0.1, 0.15) is 23.0 Å². The second kappa shape index (κ2) is 8.41. The maximum Gasteiger partial charge on any atom is 0.358 e. The van der Waals surface area contributed by atoms with Gasteiger partial charge in [-0.15, -0.1) is 0 Å². The normalized spacial score (nSPS) is 12.5. The van der Waals surface area contributed by atoms with Gasteiger partial charge in [-0.1, -0.05) is 18.2 Å². The average Bonchev–Trinajstić information content (AvgIpc) is 3.38. The molecule has 2 aromatic carbocycles. The molecule has 1 aliphatic heterocycles. The van der Waals surface area contributed by atoms with Gasteiger partial charge < -0.3 is 14.4 Å². The van der Waals surface area contributed by atoms with E-state index in [0.717, 1.165) is 29.0 Å². The van der Waals surface area contributed by atoms with Crippen molar-refractivity contribution in [1.29, 1.82) is 0 Å². The minimum Gasteiger partial charge on any atom is -0.497 e. The molecule has 0 N–H and O–H groups in total. The van der Waals surface area contributed by atoms with E-state index in [1.54, 1.807) is 29.7 Å². The van der Waals surface area contributed by atoms with Gasteiger partial charge in [0.1, 0.15) is 12.3 Å². The summed E-state index contributed by atoms with van der Waals surface area (Å²) in [5.74, 6) is 0.137. The van der Waals surface area contributed by atoms with Gasteiger partial charge in [0.2, 0.25) is 5.91 Å². The molecule has 7 nitrogen and oxygen atoms in total. The van der Waals surface area contributed by atoms with Crippen molar-refractivity contribution in [2.75, 3.05) is 25.2 Å². The molecule has 4 rings (SSSR count). The van der Waals surface area contributed by atoms with E-state index >= 15 is 0 Å². The summed E-state index contributed by atoms with van der Waals surface area (Å²) in [6.45, 7) is 2.66. The Kier molecular flexibility index (Phi) is 5.52. The molecule has 30 heavy (non-hydrogen) atoms. The first-order chi connectivity index (χ1) is 14.6. The lowest BCUT2D eigenvalue weighted by atomic mass is 10.1. The molecule has 7 heteroatoms. The molecule has 0 unspecified atom stereocenters. The van der Waals surface area contributed by atoms with Crippen LogP contribution in [0.15, 0.2) is 54.6 Å². The van der Waals surface area contributed by atoms with Crippen LogP contribution in [-0.4, -0.2) is 41.9 Å². The van der Waals surface area contributed by atoms with Crippen molar-refractivity contribution in [3.63, 3.8) is 0 Å². The number of carbonyl (C=O) groups excluding carboxylic acids is 2. The number of ether oxygens (including phenoxy) is 2. The molecular weight excluding hydrogens is 382 g/mol. The number of nitrogens with zero attached hydrogens (tertiary/aromatic N) is 3. The second-order valence-corrected chi connectivity index (χ2v) is 6.95. The van der Waals surface area contributed by atoms with Crippen molar-refractivity contribution >= 4 is 17.6 Å². The number of rotatable bonds is 6. The number of hydrogen-bond donors (Lipinski definition) is 0. The highest BCUT2D eigenvalue weighted by molar-refractivity contribution is 5.96. The van der Waals surface area contributed by atoms with Crippen molar-refractivity contribution in [2.24, 2.45) is 0 Å². The van der Waals surface area contributed by atoms with Crippen LogP contribution in [0.2, 0.25) is 0 Å². The van der Waals surface area contributed by atoms with E-state index < -0.39 is 5.97 Å². The third-order valence-corrected chi connectivity index (χ3v) is 5.12. The van der Waals surface area contributed by atoms with Gasteiger partial charge in [0.25, 0.3) is 0 Å². The number of carbonyl (C=O) groups is 2. The first-order valence-electron chi connectivity index (χ1n) is 9.88. The van der Waals surface area contributed by atoms with Crippen LogP contribution >= 0.6 is 0 Å². The SMILES string of the molecule is CCOC(=O)c1cc(-c2ccc(OC)cc2)n(CC(=O)N2CCc3ccccc32)n1. The number of aromatic nitrogens is 2. The Balaban J connectivity index is 1.65. The lowest BCUT2D eigenvalue weighted by Crippen LogP contribution is -2.32. The number of hydrogen-bond acceptors (Lipinski definition) is 5. The number of methoxy groups -OCH3 is 1. The van der Waals surface area contributed by atoms with Gasteiger partial charge in [-0.25, -0.2) is 4.79 Å². The van der Waals surface area contributed by atoms with Crippen LogP contribution in [-0.2, 0) is 22.5 Å². The Morgan fingerprint density at radius 3 is 2.60 bits per heavy atom. The van der Waals surface area contributed by atoms with E-state index in [4.69, 9.17) is 9.47 Å². The minimum absolute atomic E-state index is 0.0229. The molecule has 0 bridgehead atoms. The standard InChI is InChI=1S/C23H23N3O4/c1-3-30-23(28)19-14-21(17-8-10-18(29-2)11-9-17)26(24-19)15-22(27)25-13-12-16-6-4-5-7-20(16)25/h4-11,14H,3,12-13,15H2,1-2H3. The highest BCUT2D eigenvalue weighted by Crippen LogP contribution is 2.29. The fourth-order valence-electron chi connectivity index (χ4n) is 3.65. The molecule has 0 saturated heterocycles. The van der Waals surface area contributed by atoms with E-state index in [0.29, 0.717) is 12.2 Å². The zero-order valence-electron chi connectivity index (χ0n) is 17.0. The molecule has 0 fully saturated rings. The van der Waals surface area contributed by atoms with E-state index in [1.165, 1.54) is 0 Å². The number of anilines is 1. The van der Waals surface area contributed by atoms with Crippen LogP contribution in [0.3, 0.4) is 0 Å². The van der Waals surface area contributed by atoms with Crippen molar-refractivity contribution in [1.82, 2.24) is 9.78 Å². The molecule has 3 aromatic rings. The smallest absolute Gasteiger partial charge is 0.358 e. The van der Waals surface area contributed by atoms with Gasteiger partial charge in [-0.3, -0.25) is 9.48 Å². The molecule has 1 aliphatic rings. The quantitative estimate of drug-likeness (QED) is 0.588. The summed E-state index contributed by atoms with van der Waals surface area (Å²) in [6.07, 6.45) is 0.834. The Morgan fingerprint density at radius 2 is 1.87 bits per heavy atom. The van der Waals surface area contributed by atoms with E-state index in [1.807, 2.05) is 48.5 Å². The van der Waals surface area contributed by atoms with Crippen molar-refractivity contribution in [3.05, 3.63) is 65.9 Å². The highest BCUT2D eigenvalue weighted by atomic mass is 16.5. The van der Waals surface area contributed by atoms with Crippen LogP contribution < -0.4 is 9.64 Å². The molecule has 1 amide bonds. The first-order valence-corrected chi connectivity index (χ1v) is 9.88. The van der Waals surface area contributed by atoms with Crippen LogP contribution in [0, 0.1) is 0 Å². The Bertz CT molecular complexity index is 1070. The highest BCUT2D eigenvalue weighted by Gasteiger charge is 2.26. The van der Waals surface area contributed by atoms with E-state index in [2.05, 4.69) is 5.10 Å². The van der Waals surface area contributed by atoms with Gasteiger partial charge >= 0.3 is 5.97 Å². The predicted octanol–water partition coefficient (Wildman–Crippen LogP) is 3.32. The molecule has 0 saturated carbocycles. The largest absolute Gasteiger partial charge is 0.497 e. The van der Waals surface area contributed by atoms with Crippen LogP contribution in [0.25, 0.3) is 11.3 Å². The van der Waals surface area contributed by atoms with Crippen molar-refractivity contribution in [2.45, 2.75) is 19.9 Å². The molecule has 2 heterocycles. The molecular formula is C23H23N3O4. The van der Waals surface area contributed by atoms with E-state index in [9.17, 15) is 9.59 Å². The lowest BCUT2D eigenvalue weighted by Gasteiger charge is -2.18. The fraction of sp³-hybridized carbons (Fsp3) is 0.261. The Hall–Kier alpha value is -3.61. The fourth-order valence-corrected chi connectivity index (χ4v) is 3.65. The summed E-state index contributed by atoms with van der Waals surface area (Å²) in [5.41, 5.74) is 3.77. The monoisotopic (exact) mass is 405 g/mol. The van der Waals surface area contributed by atoms with E-state index in [-0.39, 0.29) is 24.8 Å². The number of para-hydroxylation sites is 1. The molecule has 0 radical (unpaired) electrons. The average molecular weight is 405 g/mol. The van der Waals surface area contributed by atoms with Gasteiger partial charge in [0.15, 0.2) is 5.69 Å². The van der Waals surface area contributed by atoms with Gasteiger partial charge in [-0.2, -0.15) is 5.10 Å². The zero-order valence-corrected chi connectivity index (χ0v) is 17.0.